The summed E-state index contributed by atoms with van der Waals surface area (Å²) in [6.07, 6.45) is 7.58. The largest absolute Gasteiger partial charge is 0.507 e. The fraction of sp³-hybridized carbons (Fsp3) is 0.0357. The van der Waals surface area contributed by atoms with Crippen LogP contribution in [0.3, 0.4) is 0 Å². The van der Waals surface area contributed by atoms with Crippen molar-refractivity contribution in [2.24, 2.45) is 0 Å². The van der Waals surface area contributed by atoms with Crippen LogP contribution >= 0.6 is 0 Å². The summed E-state index contributed by atoms with van der Waals surface area (Å²) >= 11 is 0. The predicted molar refractivity (Wildman–Crippen MR) is 127 cm³/mol. The van der Waals surface area contributed by atoms with E-state index in [9.17, 15) is 9.50 Å². The number of phenols is 1. The van der Waals surface area contributed by atoms with Gasteiger partial charge in [-0.1, -0.05) is 60.7 Å². The van der Waals surface area contributed by atoms with Crippen LogP contribution < -0.4 is 4.90 Å². The molecule has 0 aliphatic carbocycles. The quantitative estimate of drug-likeness (QED) is 0.407. The predicted octanol–water partition coefficient (Wildman–Crippen LogP) is 6.54. The molecule has 1 aliphatic heterocycles. The van der Waals surface area contributed by atoms with Crippen LogP contribution in [0.4, 0.5) is 10.1 Å². The summed E-state index contributed by atoms with van der Waals surface area (Å²) in [6, 6.07) is 26.5. The van der Waals surface area contributed by atoms with E-state index in [4.69, 9.17) is 0 Å². The van der Waals surface area contributed by atoms with Crippen molar-refractivity contribution < 1.29 is 9.50 Å². The summed E-state index contributed by atoms with van der Waals surface area (Å²) < 4.78 is 14.1. The van der Waals surface area contributed by atoms with E-state index in [-0.39, 0.29) is 5.75 Å². The van der Waals surface area contributed by atoms with E-state index < -0.39 is 5.82 Å². The van der Waals surface area contributed by atoms with E-state index in [0.717, 1.165) is 28.1 Å². The summed E-state index contributed by atoms with van der Waals surface area (Å²) in [7, 11) is 0. The summed E-state index contributed by atoms with van der Waals surface area (Å²) in [4.78, 5) is 6.13. The maximum atomic E-state index is 14.1. The number of rotatable bonds is 4. The van der Waals surface area contributed by atoms with Crippen LogP contribution in [0.1, 0.15) is 11.1 Å². The molecule has 0 radical (unpaired) electrons. The molecular weight excluding hydrogens is 399 g/mol. The zero-order valence-corrected chi connectivity index (χ0v) is 17.3. The first-order valence-corrected chi connectivity index (χ1v) is 10.4. The van der Waals surface area contributed by atoms with E-state index >= 15 is 0 Å². The van der Waals surface area contributed by atoms with Gasteiger partial charge in [-0.25, -0.2) is 4.39 Å². The van der Waals surface area contributed by atoms with Gasteiger partial charge in [-0.3, -0.25) is 4.98 Å². The van der Waals surface area contributed by atoms with Gasteiger partial charge in [0.25, 0.3) is 0 Å². The molecule has 0 saturated heterocycles. The van der Waals surface area contributed by atoms with Crippen LogP contribution in [-0.4, -0.2) is 16.6 Å². The molecule has 1 N–H and O–H groups in total. The molecule has 4 aromatic rings. The number of hydrogen-bond donors (Lipinski definition) is 1. The molecule has 5 rings (SSSR count). The number of anilines is 1. The first-order valence-electron chi connectivity index (χ1n) is 10.4. The third-order valence-electron chi connectivity index (χ3n) is 5.61. The molecule has 0 bridgehead atoms. The minimum absolute atomic E-state index is 0.0392. The SMILES string of the molecule is Oc1ccc(F)cc1C1=CC(c2ccc(-c3ccccc3)cc2)=CCN1c1ccncc1. The van der Waals surface area contributed by atoms with E-state index in [1.165, 1.54) is 23.8 Å². The third-order valence-corrected chi connectivity index (χ3v) is 5.61. The summed E-state index contributed by atoms with van der Waals surface area (Å²) in [6.45, 7) is 0.585. The lowest BCUT2D eigenvalue weighted by Crippen LogP contribution is -2.24. The third kappa shape index (κ3) is 3.91. The topological polar surface area (TPSA) is 36.4 Å². The van der Waals surface area contributed by atoms with Crippen LogP contribution in [0.15, 0.2) is 109 Å². The van der Waals surface area contributed by atoms with E-state index in [0.29, 0.717) is 12.1 Å². The Morgan fingerprint density at radius 3 is 2.22 bits per heavy atom. The van der Waals surface area contributed by atoms with Crippen LogP contribution in [0.2, 0.25) is 0 Å². The standard InChI is InChI=1S/C28H21FN2O/c29-24-10-11-28(32)26(19-24)27-18-23(14-17-31(27)25-12-15-30-16-13-25)22-8-6-21(7-9-22)20-4-2-1-3-5-20/h1-16,18-19,32H,17H2. The minimum Gasteiger partial charge on any atom is -0.507 e. The second-order valence-electron chi connectivity index (χ2n) is 7.61. The minimum atomic E-state index is -0.392. The van der Waals surface area contributed by atoms with Crippen LogP contribution in [-0.2, 0) is 0 Å². The van der Waals surface area contributed by atoms with Gasteiger partial charge in [-0.05, 0) is 58.7 Å². The number of halogens is 1. The second kappa shape index (κ2) is 8.52. The average Bonchev–Trinajstić information content (AvgIpc) is 2.86. The molecule has 0 atom stereocenters. The maximum absolute atomic E-state index is 14.1. The lowest BCUT2D eigenvalue weighted by atomic mass is 9.95. The Balaban J connectivity index is 1.55. The van der Waals surface area contributed by atoms with Crippen LogP contribution in [0.25, 0.3) is 22.4 Å². The van der Waals surface area contributed by atoms with E-state index in [1.807, 2.05) is 41.3 Å². The van der Waals surface area contributed by atoms with E-state index in [1.54, 1.807) is 12.4 Å². The average molecular weight is 420 g/mol. The number of aromatic hydroxyl groups is 1. The Morgan fingerprint density at radius 2 is 1.47 bits per heavy atom. The van der Waals surface area contributed by atoms with Gasteiger partial charge >= 0.3 is 0 Å². The lowest BCUT2D eigenvalue weighted by molar-refractivity contribution is 0.471. The number of hydrogen-bond acceptors (Lipinski definition) is 3. The number of aromatic nitrogens is 1. The highest BCUT2D eigenvalue weighted by Gasteiger charge is 2.21. The van der Waals surface area contributed by atoms with Crippen molar-refractivity contribution in [2.45, 2.75) is 0 Å². The van der Waals surface area contributed by atoms with Crippen molar-refractivity contribution in [3.05, 3.63) is 126 Å². The molecule has 3 nitrogen and oxygen atoms in total. The van der Waals surface area contributed by atoms with Gasteiger partial charge in [0.15, 0.2) is 0 Å². The van der Waals surface area contributed by atoms with Gasteiger partial charge in [0.1, 0.15) is 11.6 Å². The van der Waals surface area contributed by atoms with Crippen LogP contribution in [0, 0.1) is 5.82 Å². The van der Waals surface area contributed by atoms with Gasteiger partial charge in [-0.15, -0.1) is 0 Å². The van der Waals surface area contributed by atoms with Gasteiger partial charge in [0, 0.05) is 30.2 Å². The molecule has 32 heavy (non-hydrogen) atoms. The second-order valence-corrected chi connectivity index (χ2v) is 7.61. The number of phenolic OH excluding ortho intramolecular Hbond substituents is 1. The Bertz CT molecular complexity index is 1300. The van der Waals surface area contributed by atoms with Crippen molar-refractivity contribution in [3.63, 3.8) is 0 Å². The van der Waals surface area contributed by atoms with Crippen molar-refractivity contribution in [1.82, 2.24) is 4.98 Å². The highest BCUT2D eigenvalue weighted by Crippen LogP contribution is 2.37. The smallest absolute Gasteiger partial charge is 0.125 e. The Kier molecular flexibility index (Phi) is 5.26. The molecule has 1 aliphatic rings. The maximum Gasteiger partial charge on any atom is 0.125 e. The summed E-state index contributed by atoms with van der Waals surface area (Å²) in [5, 5.41) is 10.5. The Morgan fingerprint density at radius 1 is 0.781 bits per heavy atom. The molecular formula is C28H21FN2O. The van der Waals surface area contributed by atoms with Gasteiger partial charge in [0.2, 0.25) is 0 Å². The van der Waals surface area contributed by atoms with Gasteiger partial charge < -0.3 is 10.0 Å². The highest BCUT2D eigenvalue weighted by atomic mass is 19.1. The van der Waals surface area contributed by atoms with Gasteiger partial charge in [0.05, 0.1) is 5.70 Å². The van der Waals surface area contributed by atoms with Crippen molar-refractivity contribution in [1.29, 1.82) is 0 Å². The molecule has 3 aromatic carbocycles. The number of benzene rings is 3. The fourth-order valence-corrected chi connectivity index (χ4v) is 3.96. The number of pyridine rings is 1. The van der Waals surface area contributed by atoms with Crippen molar-refractivity contribution in [3.8, 4) is 16.9 Å². The zero-order valence-electron chi connectivity index (χ0n) is 17.3. The molecule has 2 heterocycles. The highest BCUT2D eigenvalue weighted by molar-refractivity contribution is 5.93. The first-order chi connectivity index (χ1) is 15.7. The molecule has 0 saturated carbocycles. The first kappa shape index (κ1) is 19.8. The van der Waals surface area contributed by atoms with Crippen LogP contribution in [0.5, 0.6) is 5.75 Å². The molecule has 156 valence electrons. The monoisotopic (exact) mass is 420 g/mol. The zero-order chi connectivity index (χ0) is 21.9. The molecule has 0 fully saturated rings. The normalized spacial score (nSPS) is 13.5. The molecule has 0 amide bonds. The summed E-state index contributed by atoms with van der Waals surface area (Å²) in [5.74, 6) is -0.353. The summed E-state index contributed by atoms with van der Waals surface area (Å²) in [5.41, 5.74) is 6.51. The molecule has 1 aromatic heterocycles. The van der Waals surface area contributed by atoms with Crippen molar-refractivity contribution >= 4 is 17.0 Å². The lowest BCUT2D eigenvalue weighted by Gasteiger charge is -2.30. The molecule has 0 spiro atoms. The Hall–Kier alpha value is -4.18. The number of allylic oxidation sites excluding steroid dienone is 2. The molecule has 4 heteroatoms. The molecule has 0 unspecified atom stereocenters. The number of nitrogens with zero attached hydrogens (tertiary/aromatic N) is 2. The Labute approximate surface area is 186 Å². The van der Waals surface area contributed by atoms with Crippen molar-refractivity contribution in [2.75, 3.05) is 11.4 Å². The van der Waals surface area contributed by atoms with Gasteiger partial charge in [-0.2, -0.15) is 0 Å². The fourth-order valence-electron chi connectivity index (χ4n) is 3.96. The van der Waals surface area contributed by atoms with E-state index in [2.05, 4.69) is 47.5 Å².